The molecule has 0 fully saturated rings. The maximum atomic E-state index is 5.85. The third kappa shape index (κ3) is 6.63. The van der Waals surface area contributed by atoms with Gasteiger partial charge in [-0.2, -0.15) is 0 Å². The van der Waals surface area contributed by atoms with E-state index in [1.54, 1.807) is 0 Å². The summed E-state index contributed by atoms with van der Waals surface area (Å²) in [6.07, 6.45) is 6.69. The Morgan fingerprint density at radius 1 is 0.947 bits per heavy atom. The Hall–Kier alpha value is -1.02. The summed E-state index contributed by atoms with van der Waals surface area (Å²) in [5, 5.41) is 3.45. The summed E-state index contributed by atoms with van der Waals surface area (Å²) in [5.41, 5.74) is 2.44. The quantitative estimate of drug-likeness (QED) is 0.637. The van der Waals surface area contributed by atoms with Crippen molar-refractivity contribution in [2.45, 2.75) is 52.9 Å². The third-order valence-corrected chi connectivity index (χ3v) is 3.39. The van der Waals surface area contributed by atoms with E-state index in [4.69, 9.17) is 4.74 Å². The molecule has 0 heterocycles. The molecule has 108 valence electrons. The van der Waals surface area contributed by atoms with E-state index in [0.717, 1.165) is 25.4 Å². The van der Waals surface area contributed by atoms with Crippen molar-refractivity contribution >= 4 is 0 Å². The molecule has 1 rings (SSSR count). The zero-order valence-corrected chi connectivity index (χ0v) is 12.8. The fraction of sp³-hybridized carbons (Fsp3) is 0.647. The van der Waals surface area contributed by atoms with Gasteiger partial charge in [0.2, 0.25) is 0 Å². The minimum absolute atomic E-state index is 0.751. The summed E-state index contributed by atoms with van der Waals surface area (Å²) in [6.45, 7) is 9.25. The first kappa shape index (κ1) is 16.0. The fourth-order valence-electron chi connectivity index (χ4n) is 2.23. The lowest BCUT2D eigenvalue weighted by Gasteiger charge is -2.12. The van der Waals surface area contributed by atoms with Crippen LogP contribution in [0, 0.1) is 13.8 Å². The molecule has 2 heteroatoms. The molecule has 0 saturated heterocycles. The topological polar surface area (TPSA) is 21.3 Å². The molecule has 0 aliphatic heterocycles. The van der Waals surface area contributed by atoms with Crippen LogP contribution in [0.2, 0.25) is 0 Å². The number of benzene rings is 1. The first-order valence-electron chi connectivity index (χ1n) is 7.65. The van der Waals surface area contributed by atoms with Crippen LogP contribution in [0.1, 0.15) is 50.2 Å². The van der Waals surface area contributed by atoms with Crippen molar-refractivity contribution < 1.29 is 4.74 Å². The number of nitrogens with one attached hydrogen (secondary N) is 1. The molecule has 1 aromatic carbocycles. The summed E-state index contributed by atoms with van der Waals surface area (Å²) in [5.74, 6) is 1.05. The second-order valence-electron chi connectivity index (χ2n) is 5.23. The number of para-hydroxylation sites is 1. The second-order valence-corrected chi connectivity index (χ2v) is 5.23. The minimum atomic E-state index is 0.751. The van der Waals surface area contributed by atoms with Crippen molar-refractivity contribution in [3.63, 3.8) is 0 Å². The zero-order chi connectivity index (χ0) is 13.9. The van der Waals surface area contributed by atoms with Gasteiger partial charge >= 0.3 is 0 Å². The zero-order valence-electron chi connectivity index (χ0n) is 12.8. The smallest absolute Gasteiger partial charge is 0.125 e. The van der Waals surface area contributed by atoms with Crippen LogP contribution in [-0.4, -0.2) is 19.7 Å². The highest BCUT2D eigenvalue weighted by atomic mass is 16.5. The van der Waals surface area contributed by atoms with Gasteiger partial charge < -0.3 is 10.1 Å². The van der Waals surface area contributed by atoms with Crippen LogP contribution in [0.15, 0.2) is 18.2 Å². The molecule has 1 aromatic rings. The van der Waals surface area contributed by atoms with Gasteiger partial charge in [-0.15, -0.1) is 0 Å². The molecular weight excluding hydrogens is 234 g/mol. The number of ether oxygens (including phenoxy) is 1. The highest BCUT2D eigenvalue weighted by molar-refractivity contribution is 5.39. The molecule has 19 heavy (non-hydrogen) atoms. The van der Waals surface area contributed by atoms with Gasteiger partial charge in [0.05, 0.1) is 0 Å². The molecule has 0 unspecified atom stereocenters. The standard InChI is InChI=1S/C17H29NO/c1-4-5-6-7-8-12-18-13-14-19-17-15(2)10-9-11-16(17)3/h9-11,18H,4-8,12-14H2,1-3H3. The molecule has 0 aromatic heterocycles. The Balaban J connectivity index is 2.05. The van der Waals surface area contributed by atoms with E-state index < -0.39 is 0 Å². The summed E-state index contributed by atoms with van der Waals surface area (Å²) in [7, 11) is 0. The lowest BCUT2D eigenvalue weighted by atomic mass is 10.1. The predicted octanol–water partition coefficient (Wildman–Crippen LogP) is 4.24. The van der Waals surface area contributed by atoms with Crippen molar-refractivity contribution in [2.24, 2.45) is 0 Å². The van der Waals surface area contributed by atoms with E-state index in [-0.39, 0.29) is 0 Å². The van der Waals surface area contributed by atoms with E-state index in [2.05, 4.69) is 44.3 Å². The van der Waals surface area contributed by atoms with Gasteiger partial charge in [-0.1, -0.05) is 50.8 Å². The molecule has 0 amide bonds. The van der Waals surface area contributed by atoms with E-state index in [0.29, 0.717) is 0 Å². The van der Waals surface area contributed by atoms with Crippen LogP contribution >= 0.6 is 0 Å². The minimum Gasteiger partial charge on any atom is -0.492 e. The Bertz CT molecular complexity index is 329. The SMILES string of the molecule is CCCCCCCNCCOc1c(C)cccc1C. The van der Waals surface area contributed by atoms with Crippen molar-refractivity contribution in [3.05, 3.63) is 29.3 Å². The lowest BCUT2D eigenvalue weighted by molar-refractivity contribution is 0.309. The number of hydrogen-bond donors (Lipinski definition) is 1. The maximum absolute atomic E-state index is 5.85. The average molecular weight is 263 g/mol. The van der Waals surface area contributed by atoms with Crippen LogP contribution in [0.25, 0.3) is 0 Å². The predicted molar refractivity (Wildman–Crippen MR) is 83.0 cm³/mol. The number of unbranched alkanes of at least 4 members (excludes halogenated alkanes) is 4. The molecule has 1 N–H and O–H groups in total. The van der Waals surface area contributed by atoms with E-state index in [1.807, 2.05) is 0 Å². The summed E-state index contributed by atoms with van der Waals surface area (Å²) >= 11 is 0. The van der Waals surface area contributed by atoms with E-state index in [9.17, 15) is 0 Å². The Kier molecular flexibility index (Phi) is 8.31. The fourth-order valence-corrected chi connectivity index (χ4v) is 2.23. The molecule has 0 radical (unpaired) electrons. The Morgan fingerprint density at radius 2 is 1.63 bits per heavy atom. The van der Waals surface area contributed by atoms with Gasteiger partial charge in [0.25, 0.3) is 0 Å². The molecule has 0 aliphatic carbocycles. The van der Waals surface area contributed by atoms with Crippen LogP contribution in [-0.2, 0) is 0 Å². The maximum Gasteiger partial charge on any atom is 0.125 e. The first-order valence-corrected chi connectivity index (χ1v) is 7.65. The summed E-state index contributed by atoms with van der Waals surface area (Å²) in [4.78, 5) is 0. The first-order chi connectivity index (χ1) is 9.25. The Labute approximate surface area is 118 Å². The van der Waals surface area contributed by atoms with E-state index in [1.165, 1.54) is 43.2 Å². The largest absolute Gasteiger partial charge is 0.492 e. The van der Waals surface area contributed by atoms with Crippen molar-refractivity contribution in [3.8, 4) is 5.75 Å². The molecule has 0 saturated carbocycles. The average Bonchev–Trinajstić information content (AvgIpc) is 2.40. The number of aryl methyl sites for hydroxylation is 2. The second kappa shape index (κ2) is 9.85. The monoisotopic (exact) mass is 263 g/mol. The van der Waals surface area contributed by atoms with Crippen molar-refractivity contribution in [2.75, 3.05) is 19.7 Å². The summed E-state index contributed by atoms with van der Waals surface area (Å²) < 4.78 is 5.85. The molecule has 2 nitrogen and oxygen atoms in total. The number of hydrogen-bond acceptors (Lipinski definition) is 2. The van der Waals surface area contributed by atoms with Gasteiger partial charge in [-0.3, -0.25) is 0 Å². The van der Waals surface area contributed by atoms with Crippen LogP contribution < -0.4 is 10.1 Å². The highest BCUT2D eigenvalue weighted by Crippen LogP contribution is 2.21. The summed E-state index contributed by atoms with van der Waals surface area (Å²) in [6, 6.07) is 6.28. The number of rotatable bonds is 10. The van der Waals surface area contributed by atoms with Crippen molar-refractivity contribution in [1.82, 2.24) is 5.32 Å². The van der Waals surface area contributed by atoms with Crippen LogP contribution in [0.4, 0.5) is 0 Å². The van der Waals surface area contributed by atoms with Gasteiger partial charge in [0.1, 0.15) is 12.4 Å². The molecule has 0 bridgehead atoms. The van der Waals surface area contributed by atoms with Crippen molar-refractivity contribution in [1.29, 1.82) is 0 Å². The third-order valence-electron chi connectivity index (χ3n) is 3.39. The van der Waals surface area contributed by atoms with Gasteiger partial charge in [0, 0.05) is 6.54 Å². The van der Waals surface area contributed by atoms with Gasteiger partial charge in [-0.05, 0) is 37.9 Å². The Morgan fingerprint density at radius 3 is 2.32 bits per heavy atom. The normalized spacial score (nSPS) is 10.7. The molecule has 0 atom stereocenters. The lowest BCUT2D eigenvalue weighted by Crippen LogP contribution is -2.22. The van der Waals surface area contributed by atoms with Crippen LogP contribution in [0.3, 0.4) is 0 Å². The van der Waals surface area contributed by atoms with Gasteiger partial charge in [0.15, 0.2) is 0 Å². The molecular formula is C17H29NO. The highest BCUT2D eigenvalue weighted by Gasteiger charge is 2.02. The van der Waals surface area contributed by atoms with Gasteiger partial charge in [-0.25, -0.2) is 0 Å². The molecule has 0 aliphatic rings. The molecule has 0 spiro atoms. The van der Waals surface area contributed by atoms with Crippen LogP contribution in [0.5, 0.6) is 5.75 Å². The van der Waals surface area contributed by atoms with E-state index >= 15 is 0 Å².